The molecule has 0 aliphatic carbocycles. The molecule has 4 nitrogen and oxygen atoms in total. The lowest BCUT2D eigenvalue weighted by atomic mass is 9.91. The quantitative estimate of drug-likeness (QED) is 0.786. The molecule has 4 heteroatoms. The Morgan fingerprint density at radius 1 is 1.38 bits per heavy atom. The Hall–Kier alpha value is -1.16. The Labute approximate surface area is 95.5 Å². The van der Waals surface area contributed by atoms with Crippen LogP contribution in [0.3, 0.4) is 0 Å². The van der Waals surface area contributed by atoms with Gasteiger partial charge in [0.1, 0.15) is 0 Å². The van der Waals surface area contributed by atoms with Crippen LogP contribution < -0.4 is 11.0 Å². The molecule has 16 heavy (non-hydrogen) atoms. The summed E-state index contributed by atoms with van der Waals surface area (Å²) in [4.78, 5) is 18.5. The topological polar surface area (TPSA) is 57.8 Å². The van der Waals surface area contributed by atoms with Crippen molar-refractivity contribution in [1.29, 1.82) is 0 Å². The van der Waals surface area contributed by atoms with Gasteiger partial charge in [-0.25, -0.2) is 4.79 Å². The lowest BCUT2D eigenvalue weighted by Gasteiger charge is -2.23. The minimum atomic E-state index is -0.198. The Morgan fingerprint density at radius 3 is 2.69 bits per heavy atom. The molecule has 0 atom stereocenters. The molecular formula is C12H19N3O. The number of aromatic amines is 1. The number of nitrogens with zero attached hydrogens (tertiary/aromatic N) is 1. The van der Waals surface area contributed by atoms with E-state index in [9.17, 15) is 4.79 Å². The summed E-state index contributed by atoms with van der Waals surface area (Å²) in [6, 6.07) is 0. The Kier molecular flexibility index (Phi) is 3.39. The zero-order chi connectivity index (χ0) is 11.5. The highest BCUT2D eigenvalue weighted by atomic mass is 16.1. The molecular weight excluding hydrogens is 202 g/mol. The molecule has 0 saturated carbocycles. The summed E-state index contributed by atoms with van der Waals surface area (Å²) in [6.45, 7) is 6.18. The number of hydrogen-bond donors (Lipinski definition) is 2. The van der Waals surface area contributed by atoms with E-state index in [2.05, 4.69) is 29.1 Å². The van der Waals surface area contributed by atoms with Crippen LogP contribution in [0.4, 0.5) is 0 Å². The van der Waals surface area contributed by atoms with Crippen molar-refractivity contribution in [2.75, 3.05) is 13.1 Å². The van der Waals surface area contributed by atoms with Crippen LogP contribution in [0.2, 0.25) is 0 Å². The zero-order valence-electron chi connectivity index (χ0n) is 9.97. The van der Waals surface area contributed by atoms with Gasteiger partial charge >= 0.3 is 5.69 Å². The van der Waals surface area contributed by atoms with Crippen molar-refractivity contribution in [3.05, 3.63) is 27.4 Å². The van der Waals surface area contributed by atoms with E-state index in [4.69, 9.17) is 0 Å². The zero-order valence-corrected chi connectivity index (χ0v) is 9.97. The third kappa shape index (κ3) is 2.16. The third-order valence-corrected chi connectivity index (χ3v) is 3.40. The molecule has 1 aliphatic rings. The summed E-state index contributed by atoms with van der Waals surface area (Å²) in [7, 11) is 0. The van der Waals surface area contributed by atoms with Crippen molar-refractivity contribution in [3.63, 3.8) is 0 Å². The van der Waals surface area contributed by atoms with Gasteiger partial charge in [0.15, 0.2) is 0 Å². The van der Waals surface area contributed by atoms with Crippen molar-refractivity contribution in [2.24, 2.45) is 0 Å². The molecule has 0 radical (unpaired) electrons. The highest BCUT2D eigenvalue weighted by Gasteiger charge is 2.20. The minimum absolute atomic E-state index is 0.198. The van der Waals surface area contributed by atoms with Crippen LogP contribution in [-0.4, -0.2) is 23.1 Å². The molecule has 0 unspecified atom stereocenters. The van der Waals surface area contributed by atoms with Gasteiger partial charge in [-0.1, -0.05) is 6.92 Å². The molecule has 88 valence electrons. The monoisotopic (exact) mass is 221 g/mol. The number of aryl methyl sites for hydroxylation is 1. The highest BCUT2D eigenvalue weighted by molar-refractivity contribution is 5.26. The first-order valence-electron chi connectivity index (χ1n) is 6.02. The summed E-state index contributed by atoms with van der Waals surface area (Å²) in [5, 5.41) is 3.33. The van der Waals surface area contributed by atoms with Gasteiger partial charge in [0, 0.05) is 11.6 Å². The first-order valence-corrected chi connectivity index (χ1v) is 6.02. The van der Waals surface area contributed by atoms with E-state index in [0.717, 1.165) is 43.7 Å². The number of piperidine rings is 1. The van der Waals surface area contributed by atoms with E-state index < -0.39 is 0 Å². The number of nitrogens with one attached hydrogen (secondary N) is 2. The summed E-state index contributed by atoms with van der Waals surface area (Å²) in [5.74, 6) is 0.453. The highest BCUT2D eigenvalue weighted by Crippen LogP contribution is 2.26. The fourth-order valence-corrected chi connectivity index (χ4v) is 2.45. The fraction of sp³-hybridized carbons (Fsp3) is 0.667. The summed E-state index contributed by atoms with van der Waals surface area (Å²) >= 11 is 0. The fourth-order valence-electron chi connectivity index (χ4n) is 2.45. The van der Waals surface area contributed by atoms with Crippen molar-refractivity contribution >= 4 is 0 Å². The number of aromatic nitrogens is 2. The average molecular weight is 221 g/mol. The molecule has 0 amide bonds. The normalized spacial score (nSPS) is 17.6. The van der Waals surface area contributed by atoms with Crippen molar-refractivity contribution in [3.8, 4) is 0 Å². The van der Waals surface area contributed by atoms with E-state index in [1.807, 2.05) is 0 Å². The maximum atomic E-state index is 11.5. The van der Waals surface area contributed by atoms with Gasteiger partial charge in [-0.05, 0) is 44.8 Å². The van der Waals surface area contributed by atoms with Crippen LogP contribution in [0.25, 0.3) is 0 Å². The molecule has 1 fully saturated rings. The molecule has 2 heterocycles. The second-order valence-electron chi connectivity index (χ2n) is 4.41. The van der Waals surface area contributed by atoms with Crippen molar-refractivity contribution < 1.29 is 0 Å². The van der Waals surface area contributed by atoms with Crippen LogP contribution >= 0.6 is 0 Å². The molecule has 1 aromatic heterocycles. The SMILES string of the molecule is CCc1[nH]c(=O)nc(C2CCNCC2)c1C. The van der Waals surface area contributed by atoms with Crippen LogP contribution in [0.5, 0.6) is 0 Å². The minimum Gasteiger partial charge on any atom is -0.317 e. The molecule has 0 aromatic carbocycles. The van der Waals surface area contributed by atoms with Crippen molar-refractivity contribution in [2.45, 2.75) is 39.0 Å². The van der Waals surface area contributed by atoms with Crippen LogP contribution in [0.15, 0.2) is 4.79 Å². The number of hydrogen-bond acceptors (Lipinski definition) is 3. The van der Waals surface area contributed by atoms with E-state index >= 15 is 0 Å². The lowest BCUT2D eigenvalue weighted by molar-refractivity contribution is 0.449. The molecule has 1 aliphatic heterocycles. The summed E-state index contributed by atoms with van der Waals surface area (Å²) in [6.07, 6.45) is 3.03. The number of rotatable bonds is 2. The summed E-state index contributed by atoms with van der Waals surface area (Å²) < 4.78 is 0. The van der Waals surface area contributed by atoms with E-state index in [-0.39, 0.29) is 5.69 Å². The molecule has 0 bridgehead atoms. The van der Waals surface area contributed by atoms with E-state index in [0.29, 0.717) is 5.92 Å². The Morgan fingerprint density at radius 2 is 2.06 bits per heavy atom. The second kappa shape index (κ2) is 4.78. The van der Waals surface area contributed by atoms with Gasteiger partial charge in [-0.2, -0.15) is 4.98 Å². The van der Waals surface area contributed by atoms with Gasteiger partial charge in [0.25, 0.3) is 0 Å². The van der Waals surface area contributed by atoms with Gasteiger partial charge in [0.2, 0.25) is 0 Å². The summed E-state index contributed by atoms with van der Waals surface area (Å²) in [5.41, 5.74) is 3.03. The van der Waals surface area contributed by atoms with Crippen LogP contribution in [0, 0.1) is 6.92 Å². The third-order valence-electron chi connectivity index (χ3n) is 3.40. The van der Waals surface area contributed by atoms with Crippen LogP contribution in [-0.2, 0) is 6.42 Å². The smallest absolute Gasteiger partial charge is 0.317 e. The molecule has 2 rings (SSSR count). The van der Waals surface area contributed by atoms with Crippen molar-refractivity contribution in [1.82, 2.24) is 15.3 Å². The van der Waals surface area contributed by atoms with Crippen LogP contribution in [0.1, 0.15) is 42.6 Å². The van der Waals surface area contributed by atoms with E-state index in [1.165, 1.54) is 5.56 Å². The van der Waals surface area contributed by atoms with E-state index in [1.54, 1.807) is 0 Å². The molecule has 0 spiro atoms. The largest absolute Gasteiger partial charge is 0.345 e. The predicted molar refractivity (Wildman–Crippen MR) is 63.8 cm³/mol. The number of H-pyrrole nitrogens is 1. The first kappa shape index (κ1) is 11.3. The maximum absolute atomic E-state index is 11.5. The molecule has 1 aromatic rings. The Balaban J connectivity index is 2.38. The predicted octanol–water partition coefficient (Wildman–Crippen LogP) is 1.11. The molecule has 1 saturated heterocycles. The van der Waals surface area contributed by atoms with Gasteiger partial charge in [0.05, 0.1) is 5.69 Å². The molecule has 2 N–H and O–H groups in total. The van der Waals surface area contributed by atoms with Gasteiger partial charge < -0.3 is 10.3 Å². The van der Waals surface area contributed by atoms with Gasteiger partial charge in [-0.3, -0.25) is 0 Å². The first-order chi connectivity index (χ1) is 7.72. The maximum Gasteiger partial charge on any atom is 0.345 e. The Bertz CT molecular complexity index is 419. The second-order valence-corrected chi connectivity index (χ2v) is 4.41. The van der Waals surface area contributed by atoms with Gasteiger partial charge in [-0.15, -0.1) is 0 Å². The average Bonchev–Trinajstić information content (AvgIpc) is 2.33. The standard InChI is InChI=1S/C12H19N3O/c1-3-10-8(2)11(15-12(16)14-10)9-4-6-13-7-5-9/h9,13H,3-7H2,1-2H3,(H,14,15,16). The lowest BCUT2D eigenvalue weighted by Crippen LogP contribution is -2.29.